The highest BCUT2D eigenvalue weighted by atomic mass is 19.4. The zero-order valence-electron chi connectivity index (χ0n) is 11.2. The van der Waals surface area contributed by atoms with Crippen LogP contribution in [-0.2, 0) is 12.6 Å². The van der Waals surface area contributed by atoms with Gasteiger partial charge in [0, 0.05) is 5.54 Å². The molecule has 1 atom stereocenters. The van der Waals surface area contributed by atoms with Crippen LogP contribution in [0, 0.1) is 0 Å². The summed E-state index contributed by atoms with van der Waals surface area (Å²) in [5.41, 5.74) is 0.195. The van der Waals surface area contributed by atoms with E-state index in [1.54, 1.807) is 6.07 Å². The van der Waals surface area contributed by atoms with Crippen molar-refractivity contribution < 1.29 is 13.2 Å². The number of hydrogen-bond acceptors (Lipinski definition) is 1. The van der Waals surface area contributed by atoms with E-state index in [2.05, 4.69) is 12.2 Å². The first kappa shape index (κ1) is 14.4. The lowest BCUT2D eigenvalue weighted by Gasteiger charge is -2.38. The minimum Gasteiger partial charge on any atom is -0.311 e. The molecule has 19 heavy (non-hydrogen) atoms. The molecule has 4 heteroatoms. The van der Waals surface area contributed by atoms with E-state index < -0.39 is 11.7 Å². The summed E-state index contributed by atoms with van der Waals surface area (Å²) in [5, 5.41) is 3.51. The molecule has 1 aliphatic heterocycles. The minimum absolute atomic E-state index is 0.0253. The van der Waals surface area contributed by atoms with Gasteiger partial charge in [0.25, 0.3) is 0 Å². The molecule has 1 aromatic rings. The number of nitrogens with one attached hydrogen (secondary N) is 1. The highest BCUT2D eigenvalue weighted by Crippen LogP contribution is 2.32. The van der Waals surface area contributed by atoms with Gasteiger partial charge in [-0.2, -0.15) is 13.2 Å². The molecule has 1 aliphatic rings. The molecule has 0 aliphatic carbocycles. The smallest absolute Gasteiger partial charge is 0.311 e. The Labute approximate surface area is 112 Å². The SMILES string of the molecule is CCC1(Cc2cccc(C(F)(F)F)c2)CCCCN1. The molecule has 0 saturated carbocycles. The highest BCUT2D eigenvalue weighted by Gasteiger charge is 2.33. The minimum atomic E-state index is -4.25. The van der Waals surface area contributed by atoms with Gasteiger partial charge in [0.2, 0.25) is 0 Å². The van der Waals surface area contributed by atoms with Crippen LogP contribution in [-0.4, -0.2) is 12.1 Å². The van der Waals surface area contributed by atoms with Crippen LogP contribution in [0.3, 0.4) is 0 Å². The average Bonchev–Trinajstić information content (AvgIpc) is 2.39. The lowest BCUT2D eigenvalue weighted by atomic mass is 9.81. The second kappa shape index (κ2) is 5.53. The summed E-state index contributed by atoms with van der Waals surface area (Å²) < 4.78 is 38.1. The third-order valence-corrected chi connectivity index (χ3v) is 4.06. The fraction of sp³-hybridized carbons (Fsp3) is 0.600. The van der Waals surface area contributed by atoms with Crippen LogP contribution in [0.25, 0.3) is 0 Å². The standard InChI is InChI=1S/C15H20F3N/c1-2-14(8-3-4-9-19-14)11-12-6-5-7-13(10-12)15(16,17)18/h5-7,10,19H,2-4,8-9,11H2,1H3. The maximum atomic E-state index is 12.7. The van der Waals surface area contributed by atoms with E-state index in [1.165, 1.54) is 12.1 Å². The van der Waals surface area contributed by atoms with Crippen molar-refractivity contribution in [3.8, 4) is 0 Å². The first-order valence-electron chi connectivity index (χ1n) is 6.86. The Morgan fingerprint density at radius 1 is 1.26 bits per heavy atom. The monoisotopic (exact) mass is 271 g/mol. The largest absolute Gasteiger partial charge is 0.416 e. The molecule has 1 saturated heterocycles. The first-order valence-corrected chi connectivity index (χ1v) is 6.86. The highest BCUT2D eigenvalue weighted by molar-refractivity contribution is 5.27. The molecule has 106 valence electrons. The predicted octanol–water partition coefficient (Wildman–Crippen LogP) is 4.17. The van der Waals surface area contributed by atoms with Gasteiger partial charge in [0.15, 0.2) is 0 Å². The predicted molar refractivity (Wildman–Crippen MR) is 70.0 cm³/mol. The van der Waals surface area contributed by atoms with E-state index in [9.17, 15) is 13.2 Å². The van der Waals surface area contributed by atoms with Gasteiger partial charge in [-0.3, -0.25) is 0 Å². The van der Waals surface area contributed by atoms with Gasteiger partial charge >= 0.3 is 6.18 Å². The molecule has 0 radical (unpaired) electrons. The normalized spacial score (nSPS) is 24.4. The Morgan fingerprint density at radius 3 is 2.63 bits per heavy atom. The van der Waals surface area contributed by atoms with Crippen LogP contribution >= 0.6 is 0 Å². The molecule has 0 aromatic heterocycles. The van der Waals surface area contributed by atoms with Crippen LogP contribution in [0.1, 0.15) is 43.7 Å². The summed E-state index contributed by atoms with van der Waals surface area (Å²) in [5.74, 6) is 0. The van der Waals surface area contributed by atoms with Crippen LogP contribution in [0.2, 0.25) is 0 Å². The second-order valence-electron chi connectivity index (χ2n) is 5.39. The van der Waals surface area contributed by atoms with Gasteiger partial charge in [-0.25, -0.2) is 0 Å². The molecule has 1 aromatic carbocycles. The average molecular weight is 271 g/mol. The van der Waals surface area contributed by atoms with Gasteiger partial charge in [-0.15, -0.1) is 0 Å². The lowest BCUT2D eigenvalue weighted by Crippen LogP contribution is -2.49. The van der Waals surface area contributed by atoms with Gasteiger partial charge in [-0.05, 0) is 43.9 Å². The maximum absolute atomic E-state index is 12.7. The summed E-state index contributed by atoms with van der Waals surface area (Å²) in [6.45, 7) is 3.07. The van der Waals surface area contributed by atoms with Crippen molar-refractivity contribution in [1.29, 1.82) is 0 Å². The maximum Gasteiger partial charge on any atom is 0.416 e. The summed E-state index contributed by atoms with van der Waals surface area (Å²) >= 11 is 0. The van der Waals surface area contributed by atoms with Crippen LogP contribution in [0.5, 0.6) is 0 Å². The molecule has 0 bridgehead atoms. The van der Waals surface area contributed by atoms with Gasteiger partial charge in [-0.1, -0.05) is 31.5 Å². The fourth-order valence-electron chi connectivity index (χ4n) is 2.86. The summed E-state index contributed by atoms with van der Waals surface area (Å²) in [4.78, 5) is 0. The van der Waals surface area contributed by atoms with Crippen LogP contribution in [0.15, 0.2) is 24.3 Å². The van der Waals surface area contributed by atoms with Crippen molar-refractivity contribution in [3.63, 3.8) is 0 Å². The number of halogens is 3. The number of alkyl halides is 3. The molecular weight excluding hydrogens is 251 g/mol. The van der Waals surface area contributed by atoms with Crippen molar-refractivity contribution in [1.82, 2.24) is 5.32 Å². The summed E-state index contributed by atoms with van der Waals surface area (Å²) in [6.07, 6.45) is 0.718. The number of piperidine rings is 1. The van der Waals surface area contributed by atoms with Gasteiger partial charge < -0.3 is 5.32 Å². The molecule has 1 unspecified atom stereocenters. The van der Waals surface area contributed by atoms with E-state index in [4.69, 9.17) is 0 Å². The van der Waals surface area contributed by atoms with Crippen molar-refractivity contribution >= 4 is 0 Å². The Balaban J connectivity index is 2.18. The van der Waals surface area contributed by atoms with Crippen molar-refractivity contribution in [2.45, 2.75) is 50.7 Å². The Hall–Kier alpha value is -1.03. The fourth-order valence-corrected chi connectivity index (χ4v) is 2.86. The quantitative estimate of drug-likeness (QED) is 0.870. The van der Waals surface area contributed by atoms with E-state index in [1.807, 2.05) is 0 Å². The van der Waals surface area contributed by atoms with Gasteiger partial charge in [0.1, 0.15) is 0 Å². The van der Waals surface area contributed by atoms with Crippen molar-refractivity contribution in [3.05, 3.63) is 35.4 Å². The summed E-state index contributed by atoms with van der Waals surface area (Å²) in [6, 6.07) is 5.72. The lowest BCUT2D eigenvalue weighted by molar-refractivity contribution is -0.137. The molecule has 0 spiro atoms. The third-order valence-electron chi connectivity index (χ3n) is 4.06. The third kappa shape index (κ3) is 3.50. The van der Waals surface area contributed by atoms with E-state index in [0.717, 1.165) is 43.9 Å². The Kier molecular flexibility index (Phi) is 4.19. The molecule has 1 fully saturated rings. The first-order chi connectivity index (χ1) is 8.95. The molecule has 1 N–H and O–H groups in total. The zero-order chi connectivity index (χ0) is 13.9. The van der Waals surface area contributed by atoms with Gasteiger partial charge in [0.05, 0.1) is 5.56 Å². The molecular formula is C15H20F3N. The van der Waals surface area contributed by atoms with E-state index in [0.29, 0.717) is 6.42 Å². The van der Waals surface area contributed by atoms with Crippen molar-refractivity contribution in [2.75, 3.05) is 6.54 Å². The van der Waals surface area contributed by atoms with Crippen molar-refractivity contribution in [2.24, 2.45) is 0 Å². The number of hydrogen-bond donors (Lipinski definition) is 1. The second-order valence-corrected chi connectivity index (χ2v) is 5.39. The number of benzene rings is 1. The molecule has 0 amide bonds. The van der Waals surface area contributed by atoms with E-state index in [-0.39, 0.29) is 5.54 Å². The number of rotatable bonds is 3. The van der Waals surface area contributed by atoms with E-state index >= 15 is 0 Å². The Morgan fingerprint density at radius 2 is 2.05 bits per heavy atom. The molecule has 1 nitrogen and oxygen atoms in total. The topological polar surface area (TPSA) is 12.0 Å². The Bertz CT molecular complexity index is 420. The molecule has 2 rings (SSSR count). The van der Waals surface area contributed by atoms with Crippen LogP contribution < -0.4 is 5.32 Å². The molecule has 1 heterocycles. The van der Waals surface area contributed by atoms with Crippen LogP contribution in [0.4, 0.5) is 13.2 Å². The zero-order valence-corrected chi connectivity index (χ0v) is 11.2. The summed E-state index contributed by atoms with van der Waals surface area (Å²) in [7, 11) is 0.